The maximum Gasteiger partial charge on any atom is 0.224 e. The molecule has 1 aliphatic rings. The average molecular weight is 285 g/mol. The first-order valence-corrected chi connectivity index (χ1v) is 7.51. The van der Waals surface area contributed by atoms with E-state index in [1.807, 2.05) is 25.2 Å². The summed E-state index contributed by atoms with van der Waals surface area (Å²) in [4.78, 5) is 13.9. The molecule has 0 saturated carbocycles. The molecule has 1 aromatic heterocycles. The van der Waals surface area contributed by atoms with Crippen molar-refractivity contribution >= 4 is 22.7 Å². The van der Waals surface area contributed by atoms with Crippen molar-refractivity contribution in [1.29, 1.82) is 0 Å². The molecule has 3 rings (SSSR count). The molecule has 1 saturated heterocycles. The van der Waals surface area contributed by atoms with Crippen LogP contribution < -0.4 is 10.2 Å². The second kappa shape index (κ2) is 5.85. The standard InChI is InChI=1S/C16H23N5/c1-17-16-18-14-7-5-4-6-13(14)15(19-16)21(3)11-12-8-9-20(2)10-12/h4-7,12H,8-11H2,1-3H3,(H,17,18,19). The SMILES string of the molecule is CNc1nc(N(C)CC2CCN(C)C2)c2ccccc2n1. The summed E-state index contributed by atoms with van der Waals surface area (Å²) in [7, 11) is 6.19. The van der Waals surface area contributed by atoms with Crippen LogP contribution in [0.5, 0.6) is 0 Å². The molecule has 2 heterocycles. The van der Waals surface area contributed by atoms with Crippen molar-refractivity contribution in [3.05, 3.63) is 24.3 Å². The molecule has 2 aromatic rings. The van der Waals surface area contributed by atoms with E-state index in [9.17, 15) is 0 Å². The van der Waals surface area contributed by atoms with Crippen LogP contribution in [0.4, 0.5) is 11.8 Å². The van der Waals surface area contributed by atoms with Crippen LogP contribution in [0.1, 0.15) is 6.42 Å². The van der Waals surface area contributed by atoms with Crippen molar-refractivity contribution in [3.63, 3.8) is 0 Å². The molecule has 1 atom stereocenters. The summed E-state index contributed by atoms with van der Waals surface area (Å²) in [6.45, 7) is 3.41. The highest BCUT2D eigenvalue weighted by atomic mass is 15.2. The number of benzene rings is 1. The predicted octanol–water partition coefficient (Wildman–Crippen LogP) is 2.06. The number of nitrogens with zero attached hydrogens (tertiary/aromatic N) is 4. The van der Waals surface area contributed by atoms with E-state index in [-0.39, 0.29) is 0 Å². The van der Waals surface area contributed by atoms with Gasteiger partial charge in [-0.2, -0.15) is 4.98 Å². The van der Waals surface area contributed by atoms with E-state index >= 15 is 0 Å². The Kier molecular flexibility index (Phi) is 3.92. The average Bonchev–Trinajstić information content (AvgIpc) is 2.91. The molecule has 1 N–H and O–H groups in total. The number of rotatable bonds is 4. The fourth-order valence-corrected chi connectivity index (χ4v) is 3.11. The van der Waals surface area contributed by atoms with E-state index in [0.29, 0.717) is 11.9 Å². The highest BCUT2D eigenvalue weighted by Gasteiger charge is 2.22. The third kappa shape index (κ3) is 2.93. The lowest BCUT2D eigenvalue weighted by molar-refractivity contribution is 0.396. The number of fused-ring (bicyclic) bond motifs is 1. The molecule has 21 heavy (non-hydrogen) atoms. The minimum absolute atomic E-state index is 0.680. The summed E-state index contributed by atoms with van der Waals surface area (Å²) in [6, 6.07) is 8.20. The molecule has 0 aliphatic carbocycles. The largest absolute Gasteiger partial charge is 0.359 e. The Labute approximate surface area is 126 Å². The van der Waals surface area contributed by atoms with Gasteiger partial charge in [0.2, 0.25) is 5.95 Å². The quantitative estimate of drug-likeness (QED) is 0.931. The van der Waals surface area contributed by atoms with Crippen LogP contribution in [-0.2, 0) is 0 Å². The third-order valence-corrected chi connectivity index (χ3v) is 4.19. The van der Waals surface area contributed by atoms with Gasteiger partial charge >= 0.3 is 0 Å². The van der Waals surface area contributed by atoms with Gasteiger partial charge in [0, 0.05) is 32.6 Å². The van der Waals surface area contributed by atoms with E-state index in [4.69, 9.17) is 0 Å². The fraction of sp³-hybridized carbons (Fsp3) is 0.500. The Morgan fingerprint density at radius 1 is 1.33 bits per heavy atom. The van der Waals surface area contributed by atoms with Crippen molar-refractivity contribution in [1.82, 2.24) is 14.9 Å². The third-order valence-electron chi connectivity index (χ3n) is 4.19. The maximum absolute atomic E-state index is 4.67. The number of para-hydroxylation sites is 1. The van der Waals surface area contributed by atoms with Gasteiger partial charge in [0.1, 0.15) is 5.82 Å². The van der Waals surface area contributed by atoms with Crippen molar-refractivity contribution in [2.24, 2.45) is 5.92 Å². The van der Waals surface area contributed by atoms with Crippen LogP contribution >= 0.6 is 0 Å². The van der Waals surface area contributed by atoms with E-state index in [1.165, 1.54) is 19.5 Å². The molecule has 1 unspecified atom stereocenters. The highest BCUT2D eigenvalue weighted by Crippen LogP contribution is 2.26. The van der Waals surface area contributed by atoms with Gasteiger partial charge < -0.3 is 15.1 Å². The molecule has 5 nitrogen and oxygen atoms in total. The van der Waals surface area contributed by atoms with Crippen molar-refractivity contribution < 1.29 is 0 Å². The van der Waals surface area contributed by atoms with Crippen LogP contribution in [0.2, 0.25) is 0 Å². The summed E-state index contributed by atoms with van der Waals surface area (Å²) in [6.07, 6.45) is 1.27. The molecule has 0 bridgehead atoms. The number of hydrogen-bond acceptors (Lipinski definition) is 5. The minimum atomic E-state index is 0.680. The summed E-state index contributed by atoms with van der Waals surface area (Å²) < 4.78 is 0. The number of hydrogen-bond donors (Lipinski definition) is 1. The van der Waals surface area contributed by atoms with Gasteiger partial charge in [0.25, 0.3) is 0 Å². The van der Waals surface area contributed by atoms with Crippen LogP contribution in [0.15, 0.2) is 24.3 Å². The molecular formula is C16H23N5. The Morgan fingerprint density at radius 3 is 2.86 bits per heavy atom. The van der Waals surface area contributed by atoms with Gasteiger partial charge in [-0.1, -0.05) is 12.1 Å². The molecule has 1 fully saturated rings. The lowest BCUT2D eigenvalue weighted by Crippen LogP contribution is -2.28. The van der Waals surface area contributed by atoms with E-state index in [2.05, 4.69) is 45.2 Å². The fourth-order valence-electron chi connectivity index (χ4n) is 3.11. The number of anilines is 2. The van der Waals surface area contributed by atoms with Crippen molar-refractivity contribution in [3.8, 4) is 0 Å². The minimum Gasteiger partial charge on any atom is -0.359 e. The van der Waals surface area contributed by atoms with Gasteiger partial charge in [0.15, 0.2) is 0 Å². The van der Waals surface area contributed by atoms with Crippen LogP contribution in [0.3, 0.4) is 0 Å². The molecule has 5 heteroatoms. The topological polar surface area (TPSA) is 44.3 Å². The van der Waals surface area contributed by atoms with E-state index in [1.54, 1.807) is 0 Å². The van der Waals surface area contributed by atoms with E-state index in [0.717, 1.165) is 23.3 Å². The Hall–Kier alpha value is -1.88. The molecule has 0 amide bonds. The molecule has 1 aromatic carbocycles. The molecule has 0 spiro atoms. The Bertz CT molecular complexity index is 627. The molecular weight excluding hydrogens is 262 g/mol. The summed E-state index contributed by atoms with van der Waals surface area (Å²) >= 11 is 0. The van der Waals surface area contributed by atoms with E-state index < -0.39 is 0 Å². The monoisotopic (exact) mass is 285 g/mol. The summed E-state index contributed by atoms with van der Waals surface area (Å²) in [5.41, 5.74) is 0.988. The maximum atomic E-state index is 4.67. The van der Waals surface area contributed by atoms with Crippen LogP contribution in [-0.4, -0.2) is 55.6 Å². The van der Waals surface area contributed by atoms with Gasteiger partial charge in [0.05, 0.1) is 5.52 Å². The lowest BCUT2D eigenvalue weighted by Gasteiger charge is -2.23. The smallest absolute Gasteiger partial charge is 0.224 e. The predicted molar refractivity (Wildman–Crippen MR) is 88.0 cm³/mol. The number of nitrogens with one attached hydrogen (secondary N) is 1. The number of likely N-dealkylation sites (tertiary alicyclic amines) is 1. The zero-order valence-corrected chi connectivity index (χ0v) is 13.0. The van der Waals surface area contributed by atoms with Crippen LogP contribution in [0.25, 0.3) is 10.9 Å². The van der Waals surface area contributed by atoms with Gasteiger partial charge in [-0.05, 0) is 38.1 Å². The second-order valence-corrected chi connectivity index (χ2v) is 5.94. The normalized spacial score (nSPS) is 19.1. The second-order valence-electron chi connectivity index (χ2n) is 5.94. The summed E-state index contributed by atoms with van der Waals surface area (Å²) in [5.74, 6) is 2.41. The zero-order chi connectivity index (χ0) is 14.8. The van der Waals surface area contributed by atoms with Crippen molar-refractivity contribution in [2.45, 2.75) is 6.42 Å². The van der Waals surface area contributed by atoms with Gasteiger partial charge in [-0.3, -0.25) is 0 Å². The highest BCUT2D eigenvalue weighted by molar-refractivity contribution is 5.90. The zero-order valence-electron chi connectivity index (χ0n) is 13.0. The molecule has 1 aliphatic heterocycles. The van der Waals surface area contributed by atoms with Gasteiger partial charge in [-0.25, -0.2) is 4.98 Å². The lowest BCUT2D eigenvalue weighted by atomic mass is 10.1. The van der Waals surface area contributed by atoms with Crippen LogP contribution in [0, 0.1) is 5.92 Å². The van der Waals surface area contributed by atoms with Gasteiger partial charge in [-0.15, -0.1) is 0 Å². The first kappa shape index (κ1) is 14.1. The Morgan fingerprint density at radius 2 is 2.14 bits per heavy atom. The molecule has 112 valence electrons. The summed E-state index contributed by atoms with van der Waals surface area (Å²) in [5, 5.41) is 4.17. The Balaban J connectivity index is 1.90. The first-order valence-electron chi connectivity index (χ1n) is 7.51. The van der Waals surface area contributed by atoms with Crippen molar-refractivity contribution in [2.75, 3.05) is 51.0 Å². The number of aromatic nitrogens is 2. The molecule has 0 radical (unpaired) electrons. The first-order chi connectivity index (χ1) is 10.2.